The number of aromatic nitrogens is 3. The third kappa shape index (κ3) is 4.92. The highest BCUT2D eigenvalue weighted by Gasteiger charge is 2.27. The molecule has 5 nitrogen and oxygen atoms in total. The number of pyridine rings is 1. The fourth-order valence-electron chi connectivity index (χ4n) is 6.12. The van der Waals surface area contributed by atoms with Crippen molar-refractivity contribution in [3.05, 3.63) is 82.1 Å². The van der Waals surface area contributed by atoms with Crippen molar-refractivity contribution in [1.82, 2.24) is 24.3 Å². The van der Waals surface area contributed by atoms with Gasteiger partial charge in [-0.1, -0.05) is 24.3 Å². The number of thiophene rings is 1. The van der Waals surface area contributed by atoms with Crippen LogP contribution < -0.4 is 0 Å². The topological polar surface area (TPSA) is 37.2 Å². The average Bonchev–Trinajstić information content (AvgIpc) is 3.52. The summed E-state index contributed by atoms with van der Waals surface area (Å²) in [7, 11) is 2.25. The number of imidazole rings is 1. The van der Waals surface area contributed by atoms with Crippen LogP contribution in [0.3, 0.4) is 0 Å². The third-order valence-electron chi connectivity index (χ3n) is 7.83. The highest BCUT2D eigenvalue weighted by molar-refractivity contribution is 7.09. The zero-order valence-corrected chi connectivity index (χ0v) is 21.5. The van der Waals surface area contributed by atoms with Gasteiger partial charge in [0.15, 0.2) is 0 Å². The number of para-hydroxylation sites is 2. The normalized spacial score (nSPS) is 21.0. The van der Waals surface area contributed by atoms with Crippen LogP contribution in [0.1, 0.15) is 53.7 Å². The molecule has 1 fully saturated rings. The first-order valence-corrected chi connectivity index (χ1v) is 14.0. The number of likely N-dealkylation sites (tertiary alicyclic amines) is 1. The molecule has 0 spiro atoms. The minimum Gasteiger partial charge on any atom is -0.327 e. The van der Waals surface area contributed by atoms with Crippen molar-refractivity contribution in [2.45, 2.75) is 57.8 Å². The Labute approximate surface area is 212 Å². The number of nitrogens with zero attached hydrogens (tertiary/aromatic N) is 5. The largest absolute Gasteiger partial charge is 0.327 e. The second-order valence-corrected chi connectivity index (χ2v) is 11.4. The number of rotatable bonds is 7. The van der Waals surface area contributed by atoms with E-state index in [4.69, 9.17) is 9.97 Å². The van der Waals surface area contributed by atoms with E-state index in [-0.39, 0.29) is 0 Å². The fraction of sp³-hybridized carbons (Fsp3) is 0.448. The van der Waals surface area contributed by atoms with Crippen molar-refractivity contribution < 1.29 is 0 Å². The molecule has 6 heteroatoms. The lowest BCUT2D eigenvalue weighted by Crippen LogP contribution is -2.37. The van der Waals surface area contributed by atoms with Gasteiger partial charge < -0.3 is 4.57 Å². The van der Waals surface area contributed by atoms with E-state index in [1.54, 1.807) is 0 Å². The van der Waals surface area contributed by atoms with Gasteiger partial charge in [-0.2, -0.15) is 0 Å². The molecule has 2 atom stereocenters. The van der Waals surface area contributed by atoms with Gasteiger partial charge in [0.25, 0.3) is 0 Å². The Hall–Kier alpha value is -2.54. The summed E-state index contributed by atoms with van der Waals surface area (Å²) in [5, 5.41) is 2.19. The summed E-state index contributed by atoms with van der Waals surface area (Å²) >= 11 is 1.88. The maximum absolute atomic E-state index is 5.14. The number of aryl methyl sites for hydroxylation is 1. The Balaban J connectivity index is 1.23. The molecule has 4 heterocycles. The van der Waals surface area contributed by atoms with E-state index in [9.17, 15) is 0 Å². The van der Waals surface area contributed by atoms with Crippen LogP contribution in [0.25, 0.3) is 11.0 Å². The Morgan fingerprint density at radius 1 is 1.06 bits per heavy atom. The first kappa shape index (κ1) is 22.9. The van der Waals surface area contributed by atoms with E-state index in [1.807, 2.05) is 17.5 Å². The number of benzene rings is 1. The zero-order chi connectivity index (χ0) is 23.6. The summed E-state index contributed by atoms with van der Waals surface area (Å²) in [6.07, 6.45) is 8.07. The quantitative estimate of drug-likeness (QED) is 0.326. The van der Waals surface area contributed by atoms with Gasteiger partial charge in [0, 0.05) is 30.7 Å². The summed E-state index contributed by atoms with van der Waals surface area (Å²) in [6, 6.07) is 17.8. The van der Waals surface area contributed by atoms with Crippen LogP contribution >= 0.6 is 11.3 Å². The van der Waals surface area contributed by atoms with Gasteiger partial charge in [-0.3, -0.25) is 14.8 Å². The lowest BCUT2D eigenvalue weighted by atomic mass is 9.91. The van der Waals surface area contributed by atoms with Crippen molar-refractivity contribution in [3.63, 3.8) is 0 Å². The summed E-state index contributed by atoms with van der Waals surface area (Å²) in [6.45, 7) is 5.36. The highest BCUT2D eigenvalue weighted by atomic mass is 32.1. The SMILES string of the molecule is CN(Cc1nc2ccccc2n1C[C@H]1CCCN(Cc2cccs2)C1)C1CCCc2cccnc21. The summed E-state index contributed by atoms with van der Waals surface area (Å²) < 4.78 is 2.52. The lowest BCUT2D eigenvalue weighted by Gasteiger charge is -2.34. The second-order valence-electron chi connectivity index (χ2n) is 10.3. The van der Waals surface area contributed by atoms with Crippen LogP contribution in [0.15, 0.2) is 60.1 Å². The maximum atomic E-state index is 5.14. The molecule has 1 aliphatic heterocycles. The number of piperidine rings is 1. The van der Waals surface area contributed by atoms with Crippen molar-refractivity contribution in [2.75, 3.05) is 20.1 Å². The highest BCUT2D eigenvalue weighted by Crippen LogP contribution is 2.33. The van der Waals surface area contributed by atoms with E-state index in [0.717, 1.165) is 31.6 Å². The molecule has 35 heavy (non-hydrogen) atoms. The summed E-state index contributed by atoms with van der Waals surface area (Å²) in [5.74, 6) is 1.84. The molecular weight excluding hydrogens is 450 g/mol. The Morgan fingerprint density at radius 2 is 2.00 bits per heavy atom. The van der Waals surface area contributed by atoms with Crippen LogP contribution in [0.5, 0.6) is 0 Å². The molecule has 0 radical (unpaired) electrons. The molecule has 3 aromatic heterocycles. The van der Waals surface area contributed by atoms with Crippen molar-refractivity contribution in [1.29, 1.82) is 0 Å². The van der Waals surface area contributed by atoms with Gasteiger partial charge in [0.2, 0.25) is 0 Å². The van der Waals surface area contributed by atoms with Gasteiger partial charge in [-0.25, -0.2) is 4.98 Å². The Morgan fingerprint density at radius 3 is 2.91 bits per heavy atom. The van der Waals surface area contributed by atoms with Crippen molar-refractivity contribution >= 4 is 22.4 Å². The van der Waals surface area contributed by atoms with E-state index in [1.165, 1.54) is 66.2 Å². The van der Waals surface area contributed by atoms with E-state index < -0.39 is 0 Å². The molecule has 0 bridgehead atoms. The van der Waals surface area contributed by atoms with E-state index in [0.29, 0.717) is 12.0 Å². The molecule has 182 valence electrons. The molecule has 1 aromatic carbocycles. The van der Waals surface area contributed by atoms with E-state index >= 15 is 0 Å². The number of fused-ring (bicyclic) bond motifs is 2. The molecule has 2 aliphatic rings. The first-order valence-electron chi connectivity index (χ1n) is 13.1. The molecule has 4 aromatic rings. The Kier molecular flexibility index (Phi) is 6.68. The van der Waals surface area contributed by atoms with Crippen LogP contribution in [-0.2, 0) is 26.1 Å². The summed E-state index contributed by atoms with van der Waals surface area (Å²) in [5.41, 5.74) is 5.07. The first-order chi connectivity index (χ1) is 17.2. The smallest absolute Gasteiger partial charge is 0.124 e. The monoisotopic (exact) mass is 485 g/mol. The van der Waals surface area contributed by atoms with Crippen LogP contribution in [0, 0.1) is 5.92 Å². The predicted octanol–water partition coefficient (Wildman–Crippen LogP) is 5.91. The number of hydrogen-bond acceptors (Lipinski definition) is 5. The Bertz CT molecular complexity index is 1260. The zero-order valence-electron chi connectivity index (χ0n) is 20.6. The number of hydrogen-bond donors (Lipinski definition) is 0. The van der Waals surface area contributed by atoms with Crippen molar-refractivity contribution in [3.8, 4) is 0 Å². The van der Waals surface area contributed by atoms with Gasteiger partial charge in [0.05, 0.1) is 29.3 Å². The van der Waals surface area contributed by atoms with Crippen LogP contribution in [0.2, 0.25) is 0 Å². The molecule has 1 saturated heterocycles. The van der Waals surface area contributed by atoms with Crippen molar-refractivity contribution in [2.24, 2.45) is 5.92 Å². The lowest BCUT2D eigenvalue weighted by molar-refractivity contribution is 0.154. The standard InChI is InChI=1S/C29H35N5S/c1-32(27-14-4-9-23-10-5-15-30-29(23)27)21-28-31-25-12-2-3-13-26(25)34(28)19-22-8-6-16-33(18-22)20-24-11-7-17-35-24/h2-3,5,7,10-13,15,17,22,27H,4,6,8-9,14,16,18-21H2,1H3/t22-,27?/m0/s1. The minimum absolute atomic E-state index is 0.365. The molecule has 1 unspecified atom stereocenters. The van der Waals surface area contributed by atoms with Gasteiger partial charge >= 0.3 is 0 Å². The fourth-order valence-corrected chi connectivity index (χ4v) is 6.87. The maximum Gasteiger partial charge on any atom is 0.124 e. The minimum atomic E-state index is 0.365. The molecular formula is C29H35N5S. The van der Waals surface area contributed by atoms with E-state index in [2.05, 4.69) is 75.3 Å². The van der Waals surface area contributed by atoms with Gasteiger partial charge in [0.1, 0.15) is 5.82 Å². The van der Waals surface area contributed by atoms with Crippen LogP contribution in [-0.4, -0.2) is 44.5 Å². The van der Waals surface area contributed by atoms with Crippen LogP contribution in [0.4, 0.5) is 0 Å². The second kappa shape index (κ2) is 10.2. The molecule has 0 N–H and O–H groups in total. The third-order valence-corrected chi connectivity index (χ3v) is 8.69. The molecule has 0 saturated carbocycles. The molecule has 1 aliphatic carbocycles. The molecule has 0 amide bonds. The van der Waals surface area contributed by atoms with Gasteiger partial charge in [-0.05, 0) is 86.8 Å². The molecule has 6 rings (SSSR count). The average molecular weight is 486 g/mol. The summed E-state index contributed by atoms with van der Waals surface area (Å²) in [4.78, 5) is 16.5. The van der Waals surface area contributed by atoms with Gasteiger partial charge in [-0.15, -0.1) is 11.3 Å². The predicted molar refractivity (Wildman–Crippen MR) is 143 cm³/mol.